The van der Waals surface area contributed by atoms with Gasteiger partial charge in [-0.2, -0.15) is 0 Å². The molecule has 0 bridgehead atoms. The first-order valence-electron chi connectivity index (χ1n) is 9.82. The van der Waals surface area contributed by atoms with E-state index in [4.69, 9.17) is 17.3 Å². The van der Waals surface area contributed by atoms with Gasteiger partial charge in [0.2, 0.25) is 5.91 Å². The van der Waals surface area contributed by atoms with Crippen molar-refractivity contribution < 1.29 is 4.79 Å². The average molecular weight is 387 g/mol. The molecular formula is C21H27ClN4O. The molecule has 2 heterocycles. The summed E-state index contributed by atoms with van der Waals surface area (Å²) in [4.78, 5) is 22.2. The highest BCUT2D eigenvalue weighted by atomic mass is 35.5. The van der Waals surface area contributed by atoms with Crippen molar-refractivity contribution in [2.24, 2.45) is 17.1 Å². The molecule has 1 aromatic heterocycles. The number of halogens is 1. The zero-order valence-electron chi connectivity index (χ0n) is 15.5. The van der Waals surface area contributed by atoms with Gasteiger partial charge in [-0.1, -0.05) is 23.7 Å². The molecule has 1 unspecified atom stereocenters. The van der Waals surface area contributed by atoms with Gasteiger partial charge in [0.25, 0.3) is 0 Å². The van der Waals surface area contributed by atoms with Crippen LogP contribution in [0.4, 0.5) is 0 Å². The summed E-state index contributed by atoms with van der Waals surface area (Å²) in [5.74, 6) is 0.858. The van der Waals surface area contributed by atoms with Gasteiger partial charge in [-0.25, -0.2) is 4.98 Å². The van der Waals surface area contributed by atoms with Crippen LogP contribution in [0.5, 0.6) is 0 Å². The minimum Gasteiger partial charge on any atom is -0.348 e. The van der Waals surface area contributed by atoms with Crippen LogP contribution < -0.4 is 5.73 Å². The molecule has 1 saturated carbocycles. The molecule has 4 rings (SSSR count). The fraction of sp³-hybridized carbons (Fsp3) is 0.524. The van der Waals surface area contributed by atoms with E-state index in [-0.39, 0.29) is 5.91 Å². The molecule has 1 aromatic carbocycles. The molecule has 27 heavy (non-hydrogen) atoms. The first-order valence-corrected chi connectivity index (χ1v) is 10.2. The Bertz CT molecular complexity index is 762. The lowest BCUT2D eigenvalue weighted by Gasteiger charge is -2.43. The van der Waals surface area contributed by atoms with E-state index >= 15 is 0 Å². The Morgan fingerprint density at radius 3 is 2.59 bits per heavy atom. The lowest BCUT2D eigenvalue weighted by molar-refractivity contribution is -0.135. The summed E-state index contributed by atoms with van der Waals surface area (Å²) in [6, 6.07) is 7.07. The first kappa shape index (κ1) is 18.5. The molecular weight excluding hydrogens is 360 g/mol. The SMILES string of the molecule is NC(Cc1ccc(Cl)cc1)C(=O)N1CCC(Cc2cnc[nH]2)(C2CC2)CC1. The number of rotatable bonds is 6. The van der Waals surface area contributed by atoms with Gasteiger partial charge < -0.3 is 15.6 Å². The summed E-state index contributed by atoms with van der Waals surface area (Å²) in [6.45, 7) is 1.61. The third kappa shape index (κ3) is 4.19. The van der Waals surface area contributed by atoms with Crippen molar-refractivity contribution >= 4 is 17.5 Å². The normalized spacial score (nSPS) is 20.4. The Morgan fingerprint density at radius 2 is 2.00 bits per heavy atom. The van der Waals surface area contributed by atoms with Crippen LogP contribution in [-0.2, 0) is 17.6 Å². The second-order valence-electron chi connectivity index (χ2n) is 8.15. The van der Waals surface area contributed by atoms with Crippen LogP contribution >= 0.6 is 11.6 Å². The molecule has 2 aliphatic rings. The molecule has 5 nitrogen and oxygen atoms in total. The van der Waals surface area contributed by atoms with Crippen LogP contribution in [0, 0.1) is 11.3 Å². The average Bonchev–Trinajstić information content (AvgIpc) is 3.43. The van der Waals surface area contributed by atoms with Crippen molar-refractivity contribution in [2.75, 3.05) is 13.1 Å². The standard InChI is InChI=1S/C21H27ClN4O/c22-17-5-1-15(2-6-17)11-19(23)20(27)26-9-7-21(8-10-26,16-3-4-16)12-18-13-24-14-25-18/h1-2,5-6,13-14,16,19H,3-4,7-12,23H2,(H,24,25). The summed E-state index contributed by atoms with van der Waals surface area (Å²) >= 11 is 5.93. The lowest BCUT2D eigenvalue weighted by atomic mass is 9.71. The van der Waals surface area contributed by atoms with Crippen molar-refractivity contribution in [1.82, 2.24) is 14.9 Å². The predicted molar refractivity (Wildman–Crippen MR) is 106 cm³/mol. The first-order chi connectivity index (χ1) is 13.1. The molecule has 2 aromatic rings. The Morgan fingerprint density at radius 1 is 1.30 bits per heavy atom. The number of piperidine rings is 1. The third-order valence-corrected chi connectivity index (χ3v) is 6.55. The number of hydrogen-bond acceptors (Lipinski definition) is 3. The highest BCUT2D eigenvalue weighted by molar-refractivity contribution is 6.30. The Kier molecular flexibility index (Phi) is 5.24. The lowest BCUT2D eigenvalue weighted by Crippen LogP contribution is -2.51. The maximum Gasteiger partial charge on any atom is 0.239 e. The topological polar surface area (TPSA) is 75.0 Å². The van der Waals surface area contributed by atoms with E-state index in [1.54, 1.807) is 6.33 Å². The van der Waals surface area contributed by atoms with E-state index in [2.05, 4.69) is 9.97 Å². The van der Waals surface area contributed by atoms with Gasteiger partial charge in [-0.3, -0.25) is 4.79 Å². The van der Waals surface area contributed by atoms with Gasteiger partial charge >= 0.3 is 0 Å². The van der Waals surface area contributed by atoms with Crippen LogP contribution in [0.15, 0.2) is 36.8 Å². The predicted octanol–water partition coefficient (Wildman–Crippen LogP) is 3.19. The maximum atomic E-state index is 12.8. The second kappa shape index (κ2) is 7.64. The number of aromatic nitrogens is 2. The zero-order valence-corrected chi connectivity index (χ0v) is 16.3. The summed E-state index contributed by atoms with van der Waals surface area (Å²) in [5.41, 5.74) is 8.79. The largest absolute Gasteiger partial charge is 0.348 e. The Labute approximate surface area is 165 Å². The van der Waals surface area contributed by atoms with Crippen LogP contribution in [0.2, 0.25) is 5.02 Å². The molecule has 1 atom stereocenters. The molecule has 144 valence electrons. The van der Waals surface area contributed by atoms with Crippen LogP contribution in [-0.4, -0.2) is 39.9 Å². The number of nitrogens with two attached hydrogens (primary N) is 1. The minimum atomic E-state index is -0.493. The number of nitrogens with zero attached hydrogens (tertiary/aromatic N) is 2. The van der Waals surface area contributed by atoms with E-state index < -0.39 is 6.04 Å². The molecule has 1 aliphatic carbocycles. The molecule has 1 amide bonds. The summed E-state index contributed by atoms with van der Waals surface area (Å²) in [6.07, 6.45) is 10.0. The van der Waals surface area contributed by atoms with Gasteiger partial charge in [0.15, 0.2) is 0 Å². The number of aromatic amines is 1. The Hall–Kier alpha value is -1.85. The summed E-state index contributed by atoms with van der Waals surface area (Å²) < 4.78 is 0. The summed E-state index contributed by atoms with van der Waals surface area (Å²) in [7, 11) is 0. The van der Waals surface area contributed by atoms with Gasteiger partial charge in [0.05, 0.1) is 12.4 Å². The van der Waals surface area contributed by atoms with E-state index in [1.807, 2.05) is 35.4 Å². The van der Waals surface area contributed by atoms with Crippen molar-refractivity contribution in [3.63, 3.8) is 0 Å². The van der Waals surface area contributed by atoms with Crippen molar-refractivity contribution in [1.29, 1.82) is 0 Å². The van der Waals surface area contributed by atoms with Crippen molar-refractivity contribution in [3.05, 3.63) is 53.1 Å². The minimum absolute atomic E-state index is 0.0656. The number of imidazole rings is 1. The van der Waals surface area contributed by atoms with Crippen molar-refractivity contribution in [3.8, 4) is 0 Å². The fourth-order valence-electron chi connectivity index (χ4n) is 4.55. The summed E-state index contributed by atoms with van der Waals surface area (Å²) in [5, 5.41) is 0.698. The number of nitrogens with one attached hydrogen (secondary N) is 1. The van der Waals surface area contributed by atoms with Gasteiger partial charge in [0.1, 0.15) is 0 Å². The third-order valence-electron chi connectivity index (χ3n) is 6.30. The van der Waals surface area contributed by atoms with E-state index in [0.717, 1.165) is 43.8 Å². The highest BCUT2D eigenvalue weighted by Crippen LogP contribution is 2.53. The van der Waals surface area contributed by atoms with Crippen LogP contribution in [0.3, 0.4) is 0 Å². The van der Waals surface area contributed by atoms with E-state index in [9.17, 15) is 4.79 Å². The molecule has 2 fully saturated rings. The molecule has 0 spiro atoms. The van der Waals surface area contributed by atoms with E-state index in [0.29, 0.717) is 16.9 Å². The quantitative estimate of drug-likeness (QED) is 0.800. The van der Waals surface area contributed by atoms with Crippen LogP contribution in [0.1, 0.15) is 36.9 Å². The Balaban J connectivity index is 1.36. The smallest absolute Gasteiger partial charge is 0.239 e. The van der Waals surface area contributed by atoms with Gasteiger partial charge in [-0.15, -0.1) is 0 Å². The number of hydrogen-bond donors (Lipinski definition) is 2. The number of H-pyrrole nitrogens is 1. The maximum absolute atomic E-state index is 12.8. The number of carbonyl (C=O) groups excluding carboxylic acids is 1. The van der Waals surface area contributed by atoms with Gasteiger partial charge in [0, 0.05) is 30.0 Å². The van der Waals surface area contributed by atoms with Gasteiger partial charge in [-0.05, 0) is 67.6 Å². The number of carbonyl (C=O) groups is 1. The van der Waals surface area contributed by atoms with E-state index in [1.165, 1.54) is 18.5 Å². The molecule has 6 heteroatoms. The number of likely N-dealkylation sites (tertiary alicyclic amines) is 1. The second-order valence-corrected chi connectivity index (χ2v) is 8.59. The van der Waals surface area contributed by atoms with Crippen LogP contribution in [0.25, 0.3) is 0 Å². The van der Waals surface area contributed by atoms with Crippen molar-refractivity contribution in [2.45, 2.75) is 44.6 Å². The monoisotopic (exact) mass is 386 g/mol. The molecule has 1 saturated heterocycles. The molecule has 0 radical (unpaired) electrons. The fourth-order valence-corrected chi connectivity index (χ4v) is 4.68. The zero-order chi connectivity index (χ0) is 18.9. The molecule has 1 aliphatic heterocycles. The number of amides is 1. The highest BCUT2D eigenvalue weighted by Gasteiger charge is 2.47. The molecule has 3 N–H and O–H groups in total. The number of benzene rings is 1.